The molecule has 0 saturated heterocycles. The summed E-state index contributed by atoms with van der Waals surface area (Å²) in [5.74, 6) is -0.392. The van der Waals surface area contributed by atoms with E-state index in [1.54, 1.807) is 6.07 Å². The van der Waals surface area contributed by atoms with Crippen molar-refractivity contribution in [3.05, 3.63) is 65.7 Å². The molecule has 0 saturated carbocycles. The van der Waals surface area contributed by atoms with E-state index in [1.165, 1.54) is 18.2 Å². The molecule has 0 aliphatic rings. The molecule has 0 unspecified atom stereocenters. The number of para-hydroxylation sites is 2. The van der Waals surface area contributed by atoms with Crippen molar-refractivity contribution in [3.63, 3.8) is 0 Å². The summed E-state index contributed by atoms with van der Waals surface area (Å²) in [5, 5.41) is 0. The maximum absolute atomic E-state index is 13.1. The highest BCUT2D eigenvalue weighted by molar-refractivity contribution is 5.84. The molecule has 134 valence electrons. The second-order valence-electron chi connectivity index (χ2n) is 5.86. The number of hydrogen-bond donors (Lipinski definition) is 2. The fraction of sp³-hybridized carbons (Fsp3) is 0.211. The molecule has 0 atom stereocenters. The molecule has 26 heavy (non-hydrogen) atoms. The predicted molar refractivity (Wildman–Crippen MR) is 95.5 cm³/mol. The summed E-state index contributed by atoms with van der Waals surface area (Å²) in [5.41, 5.74) is 6.97. The van der Waals surface area contributed by atoms with Crippen LogP contribution in [0.4, 0.5) is 4.39 Å². The van der Waals surface area contributed by atoms with Gasteiger partial charge in [-0.1, -0.05) is 31.2 Å². The van der Waals surface area contributed by atoms with E-state index < -0.39 is 11.7 Å². The van der Waals surface area contributed by atoms with Gasteiger partial charge in [-0.15, -0.1) is 0 Å². The molecule has 1 heterocycles. The van der Waals surface area contributed by atoms with Gasteiger partial charge in [0.25, 0.3) is 5.91 Å². The number of carbonyl (C=O) groups is 2. The molecule has 0 aliphatic carbocycles. The second-order valence-corrected chi connectivity index (χ2v) is 5.86. The molecule has 0 aliphatic heterocycles. The fourth-order valence-corrected chi connectivity index (χ4v) is 2.77. The summed E-state index contributed by atoms with van der Waals surface area (Å²) in [7, 11) is 0. The maximum Gasteiger partial charge on any atom is 0.258 e. The number of nitrogens with one attached hydrogen (secondary N) is 2. The minimum absolute atomic E-state index is 0.0216. The lowest BCUT2D eigenvalue weighted by molar-refractivity contribution is -0.128. The number of nitrogens with zero attached hydrogens (tertiary/aromatic N) is 2. The van der Waals surface area contributed by atoms with Crippen LogP contribution in [0.3, 0.4) is 0 Å². The number of amides is 2. The highest BCUT2D eigenvalue weighted by Gasteiger charge is 2.13. The molecule has 2 aromatic carbocycles. The first kappa shape index (κ1) is 17.6. The standard InChI is InChI=1S/C19H19FN4O2/c1-2-17-21-15-8-3-4-9-16(15)24(17)12-19(26)23-22-18(25)11-13-6-5-7-14(20)10-13/h3-10H,2,11-12H2,1H3,(H,22,25)(H,23,26). The van der Waals surface area contributed by atoms with Crippen molar-refractivity contribution in [2.24, 2.45) is 0 Å². The van der Waals surface area contributed by atoms with Gasteiger partial charge in [0.05, 0.1) is 17.5 Å². The summed E-state index contributed by atoms with van der Waals surface area (Å²) in [6, 6.07) is 13.4. The zero-order valence-corrected chi connectivity index (χ0v) is 14.3. The number of hydrazine groups is 1. The van der Waals surface area contributed by atoms with E-state index in [-0.39, 0.29) is 18.9 Å². The van der Waals surface area contributed by atoms with Crippen LogP contribution in [0.25, 0.3) is 11.0 Å². The van der Waals surface area contributed by atoms with Gasteiger partial charge in [0.1, 0.15) is 18.2 Å². The molecule has 2 N–H and O–H groups in total. The van der Waals surface area contributed by atoms with Crippen LogP contribution >= 0.6 is 0 Å². The Morgan fingerprint density at radius 1 is 1.08 bits per heavy atom. The second kappa shape index (κ2) is 7.77. The smallest absolute Gasteiger partial charge is 0.258 e. The quantitative estimate of drug-likeness (QED) is 0.689. The zero-order valence-electron chi connectivity index (χ0n) is 14.3. The van der Waals surface area contributed by atoms with E-state index in [4.69, 9.17) is 0 Å². The van der Waals surface area contributed by atoms with Crippen molar-refractivity contribution in [1.29, 1.82) is 0 Å². The minimum atomic E-state index is -0.421. The van der Waals surface area contributed by atoms with Crippen molar-refractivity contribution < 1.29 is 14.0 Å². The van der Waals surface area contributed by atoms with Gasteiger partial charge in [-0.25, -0.2) is 9.37 Å². The third-order valence-corrected chi connectivity index (χ3v) is 3.95. The van der Waals surface area contributed by atoms with Crippen molar-refractivity contribution in [1.82, 2.24) is 20.4 Å². The molecule has 0 bridgehead atoms. The summed E-state index contributed by atoms with van der Waals surface area (Å²) in [4.78, 5) is 28.6. The molecule has 3 aromatic rings. The van der Waals surface area contributed by atoms with Gasteiger partial charge in [-0.3, -0.25) is 20.4 Å². The first-order valence-corrected chi connectivity index (χ1v) is 8.33. The molecular formula is C19H19FN4O2. The van der Waals surface area contributed by atoms with Gasteiger partial charge in [-0.2, -0.15) is 0 Å². The molecule has 7 heteroatoms. The number of halogens is 1. The zero-order chi connectivity index (χ0) is 18.5. The highest BCUT2D eigenvalue weighted by atomic mass is 19.1. The number of aromatic nitrogens is 2. The number of carbonyl (C=O) groups excluding carboxylic acids is 2. The molecule has 1 aromatic heterocycles. The van der Waals surface area contributed by atoms with Crippen molar-refractivity contribution in [2.45, 2.75) is 26.3 Å². The molecule has 0 spiro atoms. The number of rotatable bonds is 5. The van der Waals surface area contributed by atoms with E-state index in [0.29, 0.717) is 12.0 Å². The van der Waals surface area contributed by atoms with Crippen LogP contribution in [0.2, 0.25) is 0 Å². The summed E-state index contributed by atoms with van der Waals surface area (Å²) >= 11 is 0. The summed E-state index contributed by atoms with van der Waals surface area (Å²) in [6.07, 6.45) is 0.667. The first-order valence-electron chi connectivity index (χ1n) is 8.33. The monoisotopic (exact) mass is 354 g/mol. The van der Waals surface area contributed by atoms with Gasteiger partial charge in [0.15, 0.2) is 0 Å². The van der Waals surface area contributed by atoms with Gasteiger partial charge >= 0.3 is 0 Å². The van der Waals surface area contributed by atoms with Gasteiger partial charge in [-0.05, 0) is 29.8 Å². The minimum Gasteiger partial charge on any atom is -0.318 e. The maximum atomic E-state index is 13.1. The third-order valence-electron chi connectivity index (χ3n) is 3.95. The normalized spacial score (nSPS) is 10.7. The number of aryl methyl sites for hydroxylation is 1. The largest absolute Gasteiger partial charge is 0.318 e. The van der Waals surface area contributed by atoms with Crippen molar-refractivity contribution in [2.75, 3.05) is 0 Å². The Kier molecular flexibility index (Phi) is 5.26. The molecule has 6 nitrogen and oxygen atoms in total. The molecule has 0 radical (unpaired) electrons. The molecule has 3 rings (SSSR count). The van der Waals surface area contributed by atoms with E-state index in [9.17, 15) is 14.0 Å². The third kappa shape index (κ3) is 4.05. The van der Waals surface area contributed by atoms with E-state index in [1.807, 2.05) is 35.8 Å². The molecule has 0 fully saturated rings. The predicted octanol–water partition coefficient (Wildman–Crippen LogP) is 2.13. The Bertz CT molecular complexity index is 952. The van der Waals surface area contributed by atoms with Gasteiger partial charge < -0.3 is 4.57 Å². The molecule has 2 amide bonds. The SMILES string of the molecule is CCc1nc2ccccc2n1CC(=O)NNC(=O)Cc1cccc(F)c1. The van der Waals surface area contributed by atoms with Crippen LogP contribution in [0.5, 0.6) is 0 Å². The highest BCUT2D eigenvalue weighted by Crippen LogP contribution is 2.16. The number of fused-ring (bicyclic) bond motifs is 1. The lowest BCUT2D eigenvalue weighted by Gasteiger charge is -2.10. The van der Waals surface area contributed by atoms with Crippen LogP contribution < -0.4 is 10.9 Å². The average Bonchev–Trinajstić information content (AvgIpc) is 2.98. The Morgan fingerprint density at radius 2 is 1.85 bits per heavy atom. The topological polar surface area (TPSA) is 76.0 Å². The Morgan fingerprint density at radius 3 is 2.62 bits per heavy atom. The lowest BCUT2D eigenvalue weighted by atomic mass is 10.1. The van der Waals surface area contributed by atoms with Crippen LogP contribution in [-0.2, 0) is 29.0 Å². The number of imidazole rings is 1. The Labute approximate surface area is 150 Å². The van der Waals surface area contributed by atoms with Crippen LogP contribution in [0.15, 0.2) is 48.5 Å². The van der Waals surface area contributed by atoms with E-state index >= 15 is 0 Å². The summed E-state index contributed by atoms with van der Waals surface area (Å²) < 4.78 is 15.0. The van der Waals surface area contributed by atoms with Crippen molar-refractivity contribution >= 4 is 22.8 Å². The fourth-order valence-electron chi connectivity index (χ4n) is 2.77. The van der Waals surface area contributed by atoms with Crippen LogP contribution in [-0.4, -0.2) is 21.4 Å². The van der Waals surface area contributed by atoms with Crippen molar-refractivity contribution in [3.8, 4) is 0 Å². The average molecular weight is 354 g/mol. The first-order chi connectivity index (χ1) is 12.6. The van der Waals surface area contributed by atoms with E-state index in [0.717, 1.165) is 16.9 Å². The number of benzene rings is 2. The summed E-state index contributed by atoms with van der Waals surface area (Å²) in [6.45, 7) is 2.01. The Balaban J connectivity index is 1.60. The van der Waals surface area contributed by atoms with Gasteiger partial charge in [0, 0.05) is 6.42 Å². The molecular weight excluding hydrogens is 335 g/mol. The van der Waals surface area contributed by atoms with Gasteiger partial charge in [0.2, 0.25) is 5.91 Å². The van der Waals surface area contributed by atoms with E-state index in [2.05, 4.69) is 15.8 Å². The Hall–Kier alpha value is -3.22. The lowest BCUT2D eigenvalue weighted by Crippen LogP contribution is -2.44. The number of hydrogen-bond acceptors (Lipinski definition) is 3. The van der Waals surface area contributed by atoms with Crippen LogP contribution in [0.1, 0.15) is 18.3 Å². The van der Waals surface area contributed by atoms with Crippen LogP contribution in [0, 0.1) is 5.82 Å².